The Morgan fingerprint density at radius 3 is 1.05 bits per heavy atom. The van der Waals surface area contributed by atoms with E-state index in [9.17, 15) is 19.5 Å². The molecule has 436 valence electrons. The second-order valence-electron chi connectivity index (χ2n) is 20.9. The van der Waals surface area contributed by atoms with Crippen LogP contribution in [0.5, 0.6) is 0 Å². The van der Waals surface area contributed by atoms with E-state index in [0.717, 1.165) is 109 Å². The van der Waals surface area contributed by atoms with E-state index in [4.69, 9.17) is 18.9 Å². The zero-order valence-electron chi connectivity index (χ0n) is 49.6. The third kappa shape index (κ3) is 58.9. The molecule has 0 amide bonds. The second kappa shape index (κ2) is 57.6. The fourth-order valence-corrected chi connectivity index (χ4v) is 7.81. The highest BCUT2D eigenvalue weighted by atomic mass is 16.7. The van der Waals surface area contributed by atoms with Gasteiger partial charge >= 0.3 is 17.9 Å². The summed E-state index contributed by atoms with van der Waals surface area (Å²) >= 11 is 0. The Hall–Kier alpha value is -4.57. The summed E-state index contributed by atoms with van der Waals surface area (Å²) in [6.07, 6.45) is 79.7. The zero-order chi connectivity index (χ0) is 56.2. The standard InChI is InChI=1S/C68H111NO8/c1-6-8-10-12-14-16-18-20-22-24-26-27-28-29-30-31-32-33-34-35-36-37-38-39-41-43-45-47-49-51-53-55-57-59-66(71)77-64(63-76-68(67(72)73)74-61-60-69(3,4)5)62-75-65(70)58-56-54-52-50-48-46-44-42-40-25-23-21-19-17-15-13-11-9-7-2/h8-11,14-17,20-23,26-27,29-30,32-33,40,42,46,48,64,68H,6-7,12-13,18-19,24-25,28,31,34-39,41,43-45,47,49-63H2,1-5H3/p+1/b10-8-,11-9-,16-14-,17-15-,22-20-,23-21-,27-26-,30-29-,33-32-,42-40-,48-46-. The summed E-state index contributed by atoms with van der Waals surface area (Å²) in [6, 6.07) is 0. The lowest BCUT2D eigenvalue weighted by molar-refractivity contribution is -0.870. The molecule has 0 aliphatic heterocycles. The van der Waals surface area contributed by atoms with Crippen LogP contribution in [0.1, 0.15) is 219 Å². The van der Waals surface area contributed by atoms with Crippen LogP contribution < -0.4 is 0 Å². The van der Waals surface area contributed by atoms with Gasteiger partial charge < -0.3 is 28.5 Å². The summed E-state index contributed by atoms with van der Waals surface area (Å²) in [7, 11) is 5.95. The zero-order valence-corrected chi connectivity index (χ0v) is 49.6. The molecule has 0 heterocycles. The largest absolute Gasteiger partial charge is 0.477 e. The first-order valence-electron chi connectivity index (χ1n) is 30.3. The van der Waals surface area contributed by atoms with Crippen molar-refractivity contribution in [1.29, 1.82) is 0 Å². The van der Waals surface area contributed by atoms with Gasteiger partial charge in [0, 0.05) is 12.8 Å². The number of carbonyl (C=O) groups excluding carboxylic acids is 2. The molecule has 0 radical (unpaired) electrons. The summed E-state index contributed by atoms with van der Waals surface area (Å²) in [4.78, 5) is 37.5. The summed E-state index contributed by atoms with van der Waals surface area (Å²) in [5.41, 5.74) is 0. The molecule has 77 heavy (non-hydrogen) atoms. The van der Waals surface area contributed by atoms with Crippen LogP contribution in [0.2, 0.25) is 0 Å². The molecule has 0 bridgehead atoms. The molecule has 2 unspecified atom stereocenters. The van der Waals surface area contributed by atoms with Gasteiger partial charge in [0.05, 0.1) is 34.4 Å². The fourth-order valence-electron chi connectivity index (χ4n) is 7.81. The van der Waals surface area contributed by atoms with E-state index >= 15 is 0 Å². The van der Waals surface area contributed by atoms with Gasteiger partial charge in [-0.25, -0.2) is 4.79 Å². The minimum atomic E-state index is -1.53. The molecular weight excluding hydrogens is 959 g/mol. The Labute approximate surface area is 471 Å². The normalized spacial score (nSPS) is 13.7. The summed E-state index contributed by atoms with van der Waals surface area (Å²) in [5, 5.41) is 9.71. The van der Waals surface area contributed by atoms with Crippen LogP contribution in [0.4, 0.5) is 0 Å². The number of carboxylic acids is 1. The molecule has 1 N–H and O–H groups in total. The van der Waals surface area contributed by atoms with Crippen molar-refractivity contribution < 1.29 is 42.9 Å². The minimum absolute atomic E-state index is 0.175. The van der Waals surface area contributed by atoms with E-state index in [2.05, 4.69) is 148 Å². The van der Waals surface area contributed by atoms with E-state index in [0.29, 0.717) is 23.9 Å². The molecule has 0 fully saturated rings. The van der Waals surface area contributed by atoms with Crippen molar-refractivity contribution in [3.63, 3.8) is 0 Å². The number of hydrogen-bond donors (Lipinski definition) is 1. The average molecular weight is 1070 g/mol. The van der Waals surface area contributed by atoms with Crippen LogP contribution in [0, 0.1) is 0 Å². The van der Waals surface area contributed by atoms with Gasteiger partial charge in [-0.05, 0) is 109 Å². The van der Waals surface area contributed by atoms with Gasteiger partial charge in [-0.3, -0.25) is 9.59 Å². The molecule has 0 aromatic heterocycles. The van der Waals surface area contributed by atoms with E-state index in [1.54, 1.807) is 0 Å². The van der Waals surface area contributed by atoms with Crippen LogP contribution in [-0.2, 0) is 33.3 Å². The summed E-state index contributed by atoms with van der Waals surface area (Å²) in [5.74, 6) is -2.06. The van der Waals surface area contributed by atoms with Crippen molar-refractivity contribution in [3.8, 4) is 0 Å². The quantitative estimate of drug-likeness (QED) is 0.0211. The number of esters is 2. The first-order valence-corrected chi connectivity index (χ1v) is 30.3. The number of carbonyl (C=O) groups is 3. The Morgan fingerprint density at radius 1 is 0.390 bits per heavy atom. The van der Waals surface area contributed by atoms with Crippen molar-refractivity contribution in [3.05, 3.63) is 134 Å². The number of likely N-dealkylation sites (N-methyl/N-ethyl adjacent to an activating group) is 1. The predicted molar refractivity (Wildman–Crippen MR) is 327 cm³/mol. The predicted octanol–water partition coefficient (Wildman–Crippen LogP) is 18.2. The van der Waals surface area contributed by atoms with Gasteiger partial charge in [0.15, 0.2) is 6.10 Å². The van der Waals surface area contributed by atoms with Crippen molar-refractivity contribution in [1.82, 2.24) is 0 Å². The molecule has 0 rings (SSSR count). The SMILES string of the molecule is CC/C=C\C/C=C\C/C=C\C/C=C\C/C=C\C/C=C\CCCCCCCCCCCCCCCCC(=O)OC(COC(=O)CCCCC/C=C\C/C=C\C/C=C\C/C=C\C/C=C\CC)COC(OCC[N+](C)(C)C)C(=O)O. The average Bonchev–Trinajstić information content (AvgIpc) is 3.40. The lowest BCUT2D eigenvalue weighted by atomic mass is 10.0. The Kier molecular flexibility index (Phi) is 54.2. The van der Waals surface area contributed by atoms with Crippen LogP contribution >= 0.6 is 0 Å². The van der Waals surface area contributed by atoms with Gasteiger partial charge in [-0.2, -0.15) is 0 Å². The lowest BCUT2D eigenvalue weighted by Gasteiger charge is -2.25. The maximum Gasteiger partial charge on any atom is 0.361 e. The maximum absolute atomic E-state index is 12.9. The van der Waals surface area contributed by atoms with Crippen molar-refractivity contribution in [2.24, 2.45) is 0 Å². The lowest BCUT2D eigenvalue weighted by Crippen LogP contribution is -2.40. The topological polar surface area (TPSA) is 108 Å². The molecule has 9 nitrogen and oxygen atoms in total. The molecule has 0 saturated heterocycles. The van der Waals surface area contributed by atoms with Gasteiger partial charge in [0.25, 0.3) is 6.29 Å². The number of allylic oxidation sites excluding steroid dienone is 22. The van der Waals surface area contributed by atoms with Crippen molar-refractivity contribution in [2.45, 2.75) is 232 Å². The fraction of sp³-hybridized carbons (Fsp3) is 0.632. The number of aliphatic carboxylic acids is 1. The first-order chi connectivity index (χ1) is 37.6. The Balaban J connectivity index is 4.23. The minimum Gasteiger partial charge on any atom is -0.477 e. The number of nitrogens with zero attached hydrogens (tertiary/aromatic N) is 1. The van der Waals surface area contributed by atoms with Crippen LogP contribution in [-0.4, -0.2) is 87.4 Å². The van der Waals surface area contributed by atoms with E-state index in [-0.39, 0.29) is 38.6 Å². The third-order valence-corrected chi connectivity index (χ3v) is 12.4. The van der Waals surface area contributed by atoms with Crippen LogP contribution in [0.3, 0.4) is 0 Å². The highest BCUT2D eigenvalue weighted by molar-refractivity contribution is 5.71. The highest BCUT2D eigenvalue weighted by Gasteiger charge is 2.25. The summed E-state index contributed by atoms with van der Waals surface area (Å²) < 4.78 is 22.9. The van der Waals surface area contributed by atoms with Crippen molar-refractivity contribution in [2.75, 3.05) is 47.5 Å². The number of rotatable bonds is 54. The number of hydrogen-bond acceptors (Lipinski definition) is 7. The van der Waals surface area contributed by atoms with Gasteiger partial charge in [-0.1, -0.05) is 231 Å². The molecule has 2 atom stereocenters. The monoisotopic (exact) mass is 1070 g/mol. The van der Waals surface area contributed by atoms with Gasteiger partial charge in [0.1, 0.15) is 13.2 Å². The summed E-state index contributed by atoms with van der Waals surface area (Å²) in [6.45, 7) is 4.60. The third-order valence-electron chi connectivity index (χ3n) is 12.4. The Morgan fingerprint density at radius 2 is 0.701 bits per heavy atom. The van der Waals surface area contributed by atoms with E-state index < -0.39 is 24.3 Å². The van der Waals surface area contributed by atoms with Crippen LogP contribution in [0.25, 0.3) is 0 Å². The number of ether oxygens (including phenoxy) is 4. The number of quaternary nitrogens is 1. The molecule has 0 aromatic carbocycles. The number of carboxylic acid groups (broad SMARTS) is 1. The molecule has 9 heteroatoms. The molecule has 0 aromatic rings. The van der Waals surface area contributed by atoms with Gasteiger partial charge in [0.2, 0.25) is 0 Å². The molecular formula is C68H112NO8+. The molecule has 0 spiro atoms. The molecule has 0 saturated carbocycles. The van der Waals surface area contributed by atoms with E-state index in [1.165, 1.54) is 70.6 Å². The smallest absolute Gasteiger partial charge is 0.361 e. The first kappa shape index (κ1) is 72.4. The Bertz CT molecular complexity index is 1720. The molecule has 0 aliphatic rings. The number of unbranched alkanes of at least 4 members (excludes halogenated alkanes) is 17. The molecule has 0 aliphatic carbocycles. The second-order valence-corrected chi connectivity index (χ2v) is 20.9. The van der Waals surface area contributed by atoms with E-state index in [1.807, 2.05) is 21.1 Å². The highest BCUT2D eigenvalue weighted by Crippen LogP contribution is 2.15. The maximum atomic E-state index is 12.9. The van der Waals surface area contributed by atoms with Crippen LogP contribution in [0.15, 0.2) is 134 Å². The van der Waals surface area contributed by atoms with Crippen molar-refractivity contribution >= 4 is 17.9 Å². The van der Waals surface area contributed by atoms with Gasteiger partial charge in [-0.15, -0.1) is 0 Å².